The van der Waals surface area contributed by atoms with Gasteiger partial charge in [-0.1, -0.05) is 133 Å². The normalized spacial score (nSPS) is 15.7. The maximum Gasteiger partial charge on any atom is 0.332 e. The van der Waals surface area contributed by atoms with Crippen LogP contribution in [-0.2, 0) is 33.9 Å². The van der Waals surface area contributed by atoms with E-state index in [2.05, 4.69) is 93.2 Å². The summed E-state index contributed by atoms with van der Waals surface area (Å²) in [5.41, 5.74) is -0.773. The largest absolute Gasteiger partial charge is 0.388 e. The summed E-state index contributed by atoms with van der Waals surface area (Å²) in [5, 5.41) is 37.9. The lowest BCUT2D eigenvalue weighted by molar-refractivity contribution is -0.178. The van der Waals surface area contributed by atoms with Gasteiger partial charge in [0, 0.05) is 160 Å². The highest BCUT2D eigenvalue weighted by molar-refractivity contribution is 9.11. The first-order chi connectivity index (χ1) is 54.7. The fraction of sp³-hybridized carbons (Fsp3) is 0.209. The van der Waals surface area contributed by atoms with Crippen molar-refractivity contribution < 1.29 is 39.0 Å². The fourth-order valence-corrected chi connectivity index (χ4v) is 15.3. The Balaban J connectivity index is 0.000000183. The number of anilines is 4. The van der Waals surface area contributed by atoms with Crippen molar-refractivity contribution >= 4 is 197 Å². The zero-order valence-electron chi connectivity index (χ0n) is 63.9. The number of aromatic nitrogens is 4. The molecule has 2 atom stereocenters. The van der Waals surface area contributed by atoms with E-state index in [1.165, 1.54) is 39.3 Å². The molecule has 6 heterocycles. The molecule has 0 saturated carbocycles. The molecule has 2 aliphatic rings. The number of amides is 5. The van der Waals surface area contributed by atoms with Gasteiger partial charge >= 0.3 is 12.1 Å². The molecule has 2 aliphatic heterocycles. The quantitative estimate of drug-likeness (QED) is 0.0422. The Kier molecular flexibility index (Phi) is 32.6. The SMILES string of the molecule is Brc1cncc(Br)c1.CC(C)(Cc1ccc(Cl)cc1)C(=O)c1cncc(Br)c1.CC1(C)N(c2ccc(Cl)cc2)C(=O)N(c2ccc(Cl)cc2)C1(O)c1cncc(Br)c1.CON(C)C(=O)C(C)(C)Cc1ccc(Cl)cc1.N#COc1ccc(Cl)cc1.[C-]#[N+]c1cncc(C2(O)N(c3ccc(Cl)cc3)C(=O)N(c3ccc(Cl)cc3)C2(C)C)c1. The molecule has 0 bridgehead atoms. The van der Waals surface area contributed by atoms with Crippen LogP contribution in [0.15, 0.2) is 262 Å². The molecule has 11 aromatic rings. The summed E-state index contributed by atoms with van der Waals surface area (Å²) in [7, 11) is 3.10. The number of pyridine rings is 4. The van der Waals surface area contributed by atoms with Crippen LogP contribution in [0.5, 0.6) is 5.75 Å². The summed E-state index contributed by atoms with van der Waals surface area (Å²) in [6.45, 7) is 22.2. The number of hydrogen-bond acceptors (Lipinski definition) is 13. The predicted octanol–water partition coefficient (Wildman–Crippen LogP) is 24.9. The van der Waals surface area contributed by atoms with E-state index >= 15 is 0 Å². The number of nitriles is 1. The second-order valence-corrected chi connectivity index (χ2v) is 35.0. The predicted molar refractivity (Wildman–Crippen MR) is 476 cm³/mol. The molecule has 2 fully saturated rings. The van der Waals surface area contributed by atoms with Gasteiger partial charge in [0.15, 0.2) is 17.2 Å². The van der Waals surface area contributed by atoms with Crippen molar-refractivity contribution in [1.29, 1.82) is 5.26 Å². The molecule has 600 valence electrons. The minimum atomic E-state index is -1.84. The molecule has 13 rings (SSSR count). The highest BCUT2D eigenvalue weighted by Gasteiger charge is 2.65. The smallest absolute Gasteiger partial charge is 0.332 e. The van der Waals surface area contributed by atoms with Gasteiger partial charge in [-0.15, -0.1) is 5.26 Å². The zero-order valence-corrected chi connectivity index (χ0v) is 75.6. The van der Waals surface area contributed by atoms with Gasteiger partial charge < -0.3 is 14.9 Å². The number of Topliss-reactive ketones (excluding diaryl/α,β-unsaturated/α-hetero) is 1. The van der Waals surface area contributed by atoms with Crippen molar-refractivity contribution in [1.82, 2.24) is 25.0 Å². The number of carbonyl (C=O) groups is 4. The van der Waals surface area contributed by atoms with Crippen LogP contribution >= 0.6 is 145 Å². The topological polar surface area (TPSA) is 223 Å². The Morgan fingerprint density at radius 3 is 1.12 bits per heavy atom. The maximum atomic E-state index is 13.8. The molecule has 0 spiro atoms. The molecule has 2 unspecified atom stereocenters. The monoisotopic (exact) mass is 1950 g/mol. The number of ketones is 1. The van der Waals surface area contributed by atoms with Gasteiger partial charge in [0.05, 0.1) is 24.8 Å². The van der Waals surface area contributed by atoms with Crippen LogP contribution in [0.3, 0.4) is 0 Å². The Morgan fingerprint density at radius 2 is 0.784 bits per heavy atom. The second-order valence-electron chi connectivity index (χ2n) is 28.3. The first-order valence-electron chi connectivity index (χ1n) is 35.0. The Hall–Kier alpha value is -8.57. The van der Waals surface area contributed by atoms with E-state index in [1.54, 1.807) is 209 Å². The lowest BCUT2D eigenvalue weighted by Crippen LogP contribution is -2.56. The molecule has 5 amide bonds. The van der Waals surface area contributed by atoms with Gasteiger partial charge in [-0.2, -0.15) is 0 Å². The molecule has 116 heavy (non-hydrogen) atoms. The summed E-state index contributed by atoms with van der Waals surface area (Å²) in [4.78, 5) is 82.6. The van der Waals surface area contributed by atoms with Crippen LogP contribution in [0.4, 0.5) is 38.0 Å². The van der Waals surface area contributed by atoms with E-state index < -0.39 is 39.4 Å². The third-order valence-electron chi connectivity index (χ3n) is 18.4. The molecule has 0 radical (unpaired) electrons. The van der Waals surface area contributed by atoms with Gasteiger partial charge in [0.1, 0.15) is 5.75 Å². The van der Waals surface area contributed by atoms with E-state index in [0.717, 1.165) is 24.5 Å². The highest BCUT2D eigenvalue weighted by atomic mass is 79.9. The van der Waals surface area contributed by atoms with E-state index in [0.29, 0.717) is 97.7 Å². The number of nitrogens with zero attached hydrogens (tertiary/aromatic N) is 11. The van der Waals surface area contributed by atoms with Crippen molar-refractivity contribution in [3.05, 3.63) is 336 Å². The summed E-state index contributed by atoms with van der Waals surface area (Å²) in [5.74, 6) is 0.545. The van der Waals surface area contributed by atoms with Crippen LogP contribution < -0.4 is 24.3 Å². The molecule has 19 nitrogen and oxygen atoms in total. The van der Waals surface area contributed by atoms with Gasteiger partial charge in [-0.3, -0.25) is 54.0 Å². The molecule has 4 aromatic heterocycles. The molecular formula is C86H76Br4Cl7N11O8. The molecule has 30 heteroatoms. The average molecular weight is 1960 g/mol. The van der Waals surface area contributed by atoms with Crippen LogP contribution in [-0.4, -0.2) is 84.2 Å². The van der Waals surface area contributed by atoms with Crippen molar-refractivity contribution in [3.8, 4) is 12.0 Å². The standard InChI is InChI=1S/C23H18Cl2N4O2.C22H18BrCl2N3O2.C16H15BrClNO.C13H18ClNO2.C7H4ClNO.C5H3Br2N/c1-22(2)23(31,15-12-18(26-3)14-27-13-15)29(20-10-6-17(25)7-11-20)21(30)28(22)19-8-4-16(24)5-9-19;1-21(2)22(30,14-11-15(23)13-26-12-14)28(19-9-5-17(25)6-10-19)20(29)27(21)18-7-3-16(24)4-8-18;1-16(2,8-11-3-5-14(18)6-4-11)15(20)12-7-13(17)10-19-9-12;1-13(2,12(16)15(3)17-4)9-10-5-7-11(14)8-6-10;8-6-1-3-7(4-2-6)10-5-9;6-4-1-5(7)3-8-2-4/h4-14,31H,1-2H3;3-13,30H,1-2H3;3-7,9-10H,8H2,1-2H3;5-8H,9H2,1-4H3;1-4H;1-3H. The van der Waals surface area contributed by atoms with E-state index in [9.17, 15) is 29.4 Å². The lowest BCUT2D eigenvalue weighted by atomic mass is 9.79. The molecule has 0 aliphatic carbocycles. The van der Waals surface area contributed by atoms with Crippen LogP contribution in [0.2, 0.25) is 35.2 Å². The second kappa shape index (κ2) is 40.7. The molecule has 2 saturated heterocycles. The Bertz CT molecular complexity index is 5310. The van der Waals surface area contributed by atoms with E-state index in [1.807, 2.05) is 96.1 Å². The molecule has 7 aromatic carbocycles. The number of hydrogen-bond donors (Lipinski definition) is 2. The van der Waals surface area contributed by atoms with Crippen molar-refractivity contribution in [2.24, 2.45) is 10.8 Å². The Labute approximate surface area is 742 Å². The third kappa shape index (κ3) is 22.8. The number of carbonyl (C=O) groups excluding carboxylic acids is 4. The maximum absolute atomic E-state index is 13.8. The number of ether oxygens (including phenoxy) is 1. The van der Waals surface area contributed by atoms with Crippen molar-refractivity contribution in [2.75, 3.05) is 33.8 Å². The number of aliphatic hydroxyl groups is 2. The number of rotatable bonds is 15. The van der Waals surface area contributed by atoms with E-state index in [4.69, 9.17) is 97.9 Å². The molecule has 2 N–H and O–H groups in total. The van der Waals surface area contributed by atoms with Crippen molar-refractivity contribution in [3.63, 3.8) is 0 Å². The average Bonchev–Trinajstić information content (AvgIpc) is 1.54. The van der Waals surface area contributed by atoms with Gasteiger partial charge in [0.2, 0.25) is 5.69 Å². The Morgan fingerprint density at radius 1 is 0.474 bits per heavy atom. The summed E-state index contributed by atoms with van der Waals surface area (Å²) in [6, 6.07) is 55.1. The summed E-state index contributed by atoms with van der Waals surface area (Å²) >= 11 is 54.8. The number of halogens is 11. The summed E-state index contributed by atoms with van der Waals surface area (Å²) in [6.07, 6.45) is 15.7. The fourth-order valence-electron chi connectivity index (χ4n) is 12.6. The minimum absolute atomic E-state index is 0.0463. The number of urea groups is 2. The van der Waals surface area contributed by atoms with Crippen LogP contribution in [0, 0.1) is 28.9 Å². The summed E-state index contributed by atoms with van der Waals surface area (Å²) < 4.78 is 8.00. The minimum Gasteiger partial charge on any atom is -0.388 e. The lowest BCUT2D eigenvalue weighted by Gasteiger charge is -2.42. The molecular weight excluding hydrogens is 1880 g/mol. The van der Waals surface area contributed by atoms with Gasteiger partial charge in [-0.05, 0) is 285 Å². The number of hydroxylamine groups is 2. The van der Waals surface area contributed by atoms with E-state index in [-0.39, 0.29) is 23.4 Å². The first kappa shape index (κ1) is 92.9. The van der Waals surface area contributed by atoms with Crippen LogP contribution in [0.25, 0.3) is 4.85 Å². The van der Waals surface area contributed by atoms with Crippen molar-refractivity contribution in [2.45, 2.75) is 90.8 Å². The third-order valence-corrected chi connectivity index (χ3v) is 21.9. The van der Waals surface area contributed by atoms with Gasteiger partial charge in [0.25, 0.3) is 12.2 Å². The zero-order chi connectivity index (χ0) is 85.3. The highest BCUT2D eigenvalue weighted by Crippen LogP contribution is 2.53. The van der Waals surface area contributed by atoms with Gasteiger partial charge in [-0.25, -0.2) is 19.5 Å². The number of benzene rings is 7. The van der Waals surface area contributed by atoms with Crippen LogP contribution in [0.1, 0.15) is 88.0 Å². The first-order valence-corrected chi connectivity index (χ1v) is 40.8.